The standard InChI is InChI=1S/C10H17NO3/c1-3-4-7-14-10(12)9(2)13-8-5-6-11/h9H,3-5,7-8H2,1-2H3/t9-/m1/s1. The number of nitriles is 1. The molecule has 0 N–H and O–H groups in total. The Morgan fingerprint density at radius 1 is 1.50 bits per heavy atom. The Balaban J connectivity index is 3.50. The number of esters is 1. The average molecular weight is 199 g/mol. The largest absolute Gasteiger partial charge is 0.464 e. The highest BCUT2D eigenvalue weighted by Gasteiger charge is 2.13. The van der Waals surface area contributed by atoms with E-state index in [9.17, 15) is 4.79 Å². The maximum Gasteiger partial charge on any atom is 0.334 e. The van der Waals surface area contributed by atoms with Crippen molar-refractivity contribution in [3.05, 3.63) is 0 Å². The Kier molecular flexibility index (Phi) is 7.86. The molecule has 4 nitrogen and oxygen atoms in total. The van der Waals surface area contributed by atoms with Crippen LogP contribution in [-0.4, -0.2) is 25.3 Å². The number of ether oxygens (including phenoxy) is 2. The van der Waals surface area contributed by atoms with E-state index < -0.39 is 6.10 Å². The number of nitrogens with zero attached hydrogens (tertiary/aromatic N) is 1. The highest BCUT2D eigenvalue weighted by atomic mass is 16.6. The van der Waals surface area contributed by atoms with Crippen molar-refractivity contribution in [2.75, 3.05) is 13.2 Å². The number of hydrogen-bond donors (Lipinski definition) is 0. The van der Waals surface area contributed by atoms with Crippen molar-refractivity contribution in [3.8, 4) is 6.07 Å². The summed E-state index contributed by atoms with van der Waals surface area (Å²) in [4.78, 5) is 11.2. The Bertz CT molecular complexity index is 198. The third-order valence-electron chi connectivity index (χ3n) is 1.66. The summed E-state index contributed by atoms with van der Waals surface area (Å²) in [5, 5.41) is 8.24. The number of hydrogen-bond acceptors (Lipinski definition) is 4. The normalized spacial score (nSPS) is 11.8. The fraction of sp³-hybridized carbons (Fsp3) is 0.800. The van der Waals surface area contributed by atoms with E-state index in [4.69, 9.17) is 14.7 Å². The molecular formula is C10H17NO3. The van der Waals surface area contributed by atoms with E-state index in [1.165, 1.54) is 0 Å². The topological polar surface area (TPSA) is 59.3 Å². The molecule has 0 fully saturated rings. The summed E-state index contributed by atoms with van der Waals surface area (Å²) in [6.07, 6.45) is 1.60. The van der Waals surface area contributed by atoms with Gasteiger partial charge in [-0.15, -0.1) is 0 Å². The lowest BCUT2D eigenvalue weighted by Gasteiger charge is -2.11. The zero-order chi connectivity index (χ0) is 10.8. The first-order valence-electron chi connectivity index (χ1n) is 4.87. The smallest absolute Gasteiger partial charge is 0.334 e. The Labute approximate surface area is 84.8 Å². The molecule has 0 aromatic heterocycles. The fourth-order valence-electron chi connectivity index (χ4n) is 0.784. The van der Waals surface area contributed by atoms with E-state index >= 15 is 0 Å². The zero-order valence-corrected chi connectivity index (χ0v) is 8.78. The van der Waals surface area contributed by atoms with Crippen molar-refractivity contribution in [3.63, 3.8) is 0 Å². The molecule has 0 aromatic rings. The second kappa shape index (κ2) is 8.52. The van der Waals surface area contributed by atoms with Crippen LogP contribution in [0.25, 0.3) is 0 Å². The van der Waals surface area contributed by atoms with Gasteiger partial charge in [0.25, 0.3) is 0 Å². The minimum Gasteiger partial charge on any atom is -0.464 e. The number of rotatable bonds is 7. The molecule has 4 heteroatoms. The van der Waals surface area contributed by atoms with Gasteiger partial charge >= 0.3 is 5.97 Å². The van der Waals surface area contributed by atoms with Crippen LogP contribution >= 0.6 is 0 Å². The van der Waals surface area contributed by atoms with Crippen molar-refractivity contribution >= 4 is 5.97 Å². The van der Waals surface area contributed by atoms with Crippen molar-refractivity contribution in [2.45, 2.75) is 39.2 Å². The monoisotopic (exact) mass is 199 g/mol. The first-order valence-corrected chi connectivity index (χ1v) is 4.87. The molecule has 0 saturated heterocycles. The third kappa shape index (κ3) is 6.44. The van der Waals surface area contributed by atoms with E-state index in [1.807, 2.05) is 13.0 Å². The molecule has 0 aromatic carbocycles. The minimum atomic E-state index is -0.569. The third-order valence-corrected chi connectivity index (χ3v) is 1.66. The maximum absolute atomic E-state index is 11.2. The van der Waals surface area contributed by atoms with Crippen LogP contribution in [0.3, 0.4) is 0 Å². The van der Waals surface area contributed by atoms with Gasteiger partial charge in [0, 0.05) is 0 Å². The first-order chi connectivity index (χ1) is 6.72. The van der Waals surface area contributed by atoms with E-state index in [0.29, 0.717) is 13.0 Å². The molecule has 14 heavy (non-hydrogen) atoms. The van der Waals surface area contributed by atoms with Crippen LogP contribution in [0.4, 0.5) is 0 Å². The van der Waals surface area contributed by atoms with Crippen LogP contribution in [0.2, 0.25) is 0 Å². The summed E-state index contributed by atoms with van der Waals surface area (Å²) in [5.74, 6) is -0.351. The van der Waals surface area contributed by atoms with Crippen LogP contribution in [0.5, 0.6) is 0 Å². The zero-order valence-electron chi connectivity index (χ0n) is 8.78. The lowest BCUT2D eigenvalue weighted by molar-refractivity contribution is -0.156. The SMILES string of the molecule is CCCCOC(=O)[C@@H](C)OCCC#N. The van der Waals surface area contributed by atoms with Gasteiger partial charge < -0.3 is 9.47 Å². The lowest BCUT2D eigenvalue weighted by Crippen LogP contribution is -2.24. The molecule has 0 spiro atoms. The van der Waals surface area contributed by atoms with E-state index in [0.717, 1.165) is 12.8 Å². The van der Waals surface area contributed by atoms with Crippen LogP contribution < -0.4 is 0 Å². The molecule has 0 aliphatic carbocycles. The summed E-state index contributed by atoms with van der Waals surface area (Å²) < 4.78 is 10.0. The molecule has 0 heterocycles. The van der Waals surface area contributed by atoms with Crippen LogP contribution in [-0.2, 0) is 14.3 Å². The Hall–Kier alpha value is -1.08. The van der Waals surface area contributed by atoms with E-state index in [1.54, 1.807) is 6.92 Å². The summed E-state index contributed by atoms with van der Waals surface area (Å²) in [6, 6.07) is 1.94. The summed E-state index contributed by atoms with van der Waals surface area (Å²) >= 11 is 0. The summed E-state index contributed by atoms with van der Waals surface area (Å²) in [7, 11) is 0. The molecule has 0 aliphatic heterocycles. The van der Waals surface area contributed by atoms with Crippen molar-refractivity contribution < 1.29 is 14.3 Å². The van der Waals surface area contributed by atoms with E-state index in [2.05, 4.69) is 0 Å². The highest BCUT2D eigenvalue weighted by Crippen LogP contribution is 1.97. The quantitative estimate of drug-likeness (QED) is 0.462. The summed E-state index contributed by atoms with van der Waals surface area (Å²) in [5.41, 5.74) is 0. The van der Waals surface area contributed by atoms with Gasteiger partial charge in [0.15, 0.2) is 6.10 Å². The second-order valence-corrected chi connectivity index (χ2v) is 2.94. The molecule has 0 radical (unpaired) electrons. The molecule has 1 atom stereocenters. The number of unbranched alkanes of at least 4 members (excludes halogenated alkanes) is 1. The van der Waals surface area contributed by atoms with Crippen LogP contribution in [0.1, 0.15) is 33.1 Å². The average Bonchev–Trinajstić information content (AvgIpc) is 2.18. The predicted octanol–water partition coefficient (Wildman–Crippen LogP) is 1.65. The fourth-order valence-corrected chi connectivity index (χ4v) is 0.784. The van der Waals surface area contributed by atoms with E-state index in [-0.39, 0.29) is 12.6 Å². The molecule has 0 bridgehead atoms. The van der Waals surface area contributed by atoms with Gasteiger partial charge in [-0.25, -0.2) is 4.79 Å². The molecule has 0 rings (SSSR count). The van der Waals surface area contributed by atoms with Crippen LogP contribution in [0, 0.1) is 11.3 Å². The van der Waals surface area contributed by atoms with Gasteiger partial charge in [-0.1, -0.05) is 13.3 Å². The maximum atomic E-state index is 11.2. The van der Waals surface area contributed by atoms with Gasteiger partial charge in [-0.3, -0.25) is 0 Å². The van der Waals surface area contributed by atoms with Gasteiger partial charge in [0.2, 0.25) is 0 Å². The van der Waals surface area contributed by atoms with Crippen LogP contribution in [0.15, 0.2) is 0 Å². The van der Waals surface area contributed by atoms with Crippen molar-refractivity contribution in [1.82, 2.24) is 0 Å². The molecule has 0 amide bonds. The Morgan fingerprint density at radius 3 is 2.79 bits per heavy atom. The van der Waals surface area contributed by atoms with Gasteiger partial charge in [0.05, 0.1) is 25.7 Å². The lowest BCUT2D eigenvalue weighted by atomic mass is 10.3. The summed E-state index contributed by atoms with van der Waals surface area (Å²) in [6.45, 7) is 4.38. The highest BCUT2D eigenvalue weighted by molar-refractivity contribution is 5.74. The predicted molar refractivity (Wildman–Crippen MR) is 51.5 cm³/mol. The Morgan fingerprint density at radius 2 is 2.21 bits per heavy atom. The first kappa shape index (κ1) is 12.9. The number of carbonyl (C=O) groups excluding carboxylic acids is 1. The molecular weight excluding hydrogens is 182 g/mol. The number of carbonyl (C=O) groups is 1. The van der Waals surface area contributed by atoms with Gasteiger partial charge in [-0.2, -0.15) is 5.26 Å². The van der Waals surface area contributed by atoms with Gasteiger partial charge in [-0.05, 0) is 13.3 Å². The molecule has 0 saturated carbocycles. The molecule has 0 aliphatic rings. The second-order valence-electron chi connectivity index (χ2n) is 2.94. The molecule has 0 unspecified atom stereocenters. The van der Waals surface area contributed by atoms with Crippen molar-refractivity contribution in [1.29, 1.82) is 5.26 Å². The van der Waals surface area contributed by atoms with Crippen molar-refractivity contribution in [2.24, 2.45) is 0 Å². The van der Waals surface area contributed by atoms with Gasteiger partial charge in [0.1, 0.15) is 0 Å². The minimum absolute atomic E-state index is 0.278. The molecule has 80 valence electrons.